The third-order valence-electron chi connectivity index (χ3n) is 6.03. The molecule has 0 bridgehead atoms. The molecule has 3 aliphatic rings. The van der Waals surface area contributed by atoms with Crippen LogP contribution >= 0.6 is 11.8 Å². The summed E-state index contributed by atoms with van der Waals surface area (Å²) in [5.41, 5.74) is 9.75. The van der Waals surface area contributed by atoms with E-state index in [0.717, 1.165) is 35.0 Å². The lowest BCUT2D eigenvalue weighted by Crippen LogP contribution is -2.43. The molecule has 0 saturated carbocycles. The summed E-state index contributed by atoms with van der Waals surface area (Å²) in [4.78, 5) is 24.0. The van der Waals surface area contributed by atoms with Gasteiger partial charge in [-0.25, -0.2) is 4.98 Å². The molecule has 5 rings (SSSR count). The minimum absolute atomic E-state index is 0.00334. The van der Waals surface area contributed by atoms with Crippen molar-refractivity contribution in [3.63, 3.8) is 0 Å². The molecular formula is C23H26N6OS. The Bertz CT molecular complexity index is 1170. The molecule has 2 aliphatic heterocycles. The van der Waals surface area contributed by atoms with Crippen LogP contribution in [0.15, 0.2) is 52.3 Å². The third-order valence-corrected chi connectivity index (χ3v) is 7.76. The average Bonchev–Trinajstić information content (AvgIpc) is 3.40. The number of rotatable bonds is 3. The van der Waals surface area contributed by atoms with Crippen LogP contribution in [0.1, 0.15) is 39.2 Å². The lowest BCUT2D eigenvalue weighted by molar-refractivity contribution is -0.113. The molecule has 0 fully saturated rings. The van der Waals surface area contributed by atoms with Crippen molar-refractivity contribution in [2.45, 2.75) is 51.1 Å². The zero-order valence-electron chi connectivity index (χ0n) is 17.9. The number of hydrogen-bond donors (Lipinski definition) is 2. The van der Waals surface area contributed by atoms with Gasteiger partial charge in [0.15, 0.2) is 5.65 Å². The molecule has 4 heterocycles. The van der Waals surface area contributed by atoms with E-state index < -0.39 is 0 Å². The highest BCUT2D eigenvalue weighted by Crippen LogP contribution is 2.45. The normalized spacial score (nSPS) is 25.8. The van der Waals surface area contributed by atoms with Crippen LogP contribution in [0.25, 0.3) is 16.6 Å². The van der Waals surface area contributed by atoms with Crippen LogP contribution in [-0.4, -0.2) is 49.7 Å². The van der Waals surface area contributed by atoms with Crippen LogP contribution in [0.5, 0.6) is 0 Å². The van der Waals surface area contributed by atoms with E-state index in [-0.39, 0.29) is 28.8 Å². The van der Waals surface area contributed by atoms with Crippen LogP contribution in [0.3, 0.4) is 0 Å². The molecule has 3 atom stereocenters. The minimum atomic E-state index is -0.352. The number of H-pyrrole nitrogens is 1. The highest BCUT2D eigenvalue weighted by molar-refractivity contribution is 8.04. The number of pyridine rings is 1. The zero-order valence-corrected chi connectivity index (χ0v) is 18.7. The Morgan fingerprint density at radius 2 is 2.16 bits per heavy atom. The number of thioether (sulfide) groups is 1. The van der Waals surface area contributed by atoms with Gasteiger partial charge in [0.1, 0.15) is 0 Å². The SMILES string of the molecule is CC(C)(C)[C@H]1SC(C(N)=O)=CN1C1C=C2C=C(c3ccnc4[nH]ncc34)C=NC2CC1. The topological polar surface area (TPSA) is 100 Å². The van der Waals surface area contributed by atoms with E-state index in [1.165, 1.54) is 5.57 Å². The first-order chi connectivity index (χ1) is 14.8. The molecule has 0 aromatic carbocycles. The first-order valence-electron chi connectivity index (χ1n) is 10.5. The second-order valence-corrected chi connectivity index (χ2v) is 10.5. The Balaban J connectivity index is 1.50. The maximum Gasteiger partial charge on any atom is 0.256 e. The summed E-state index contributed by atoms with van der Waals surface area (Å²) in [5.74, 6) is -0.352. The molecule has 8 heteroatoms. The number of hydrogen-bond acceptors (Lipinski definition) is 6. The van der Waals surface area contributed by atoms with Gasteiger partial charge in [0.25, 0.3) is 5.91 Å². The van der Waals surface area contributed by atoms with Gasteiger partial charge in [-0.1, -0.05) is 38.6 Å². The first kappa shape index (κ1) is 20.1. The van der Waals surface area contributed by atoms with E-state index in [4.69, 9.17) is 10.7 Å². The fourth-order valence-electron chi connectivity index (χ4n) is 4.52. The van der Waals surface area contributed by atoms with Gasteiger partial charge in [-0.2, -0.15) is 5.10 Å². The Morgan fingerprint density at radius 3 is 2.94 bits per heavy atom. The fraction of sp³-hybridized carbons (Fsp3) is 0.391. The maximum absolute atomic E-state index is 11.9. The molecular weight excluding hydrogens is 408 g/mol. The molecule has 31 heavy (non-hydrogen) atoms. The number of nitrogens with one attached hydrogen (secondary N) is 1. The molecule has 2 unspecified atom stereocenters. The van der Waals surface area contributed by atoms with Crippen LogP contribution in [0.4, 0.5) is 0 Å². The van der Waals surface area contributed by atoms with Crippen molar-refractivity contribution in [2.75, 3.05) is 0 Å². The molecule has 0 spiro atoms. The molecule has 0 saturated heterocycles. The van der Waals surface area contributed by atoms with Crippen LogP contribution in [0.2, 0.25) is 0 Å². The third kappa shape index (κ3) is 3.59. The summed E-state index contributed by atoms with van der Waals surface area (Å²) in [7, 11) is 0. The summed E-state index contributed by atoms with van der Waals surface area (Å²) in [6.45, 7) is 6.62. The monoisotopic (exact) mass is 434 g/mol. The Hall–Kier alpha value is -2.87. The molecule has 1 amide bonds. The van der Waals surface area contributed by atoms with Crippen molar-refractivity contribution < 1.29 is 4.79 Å². The van der Waals surface area contributed by atoms with Crippen molar-refractivity contribution in [3.05, 3.63) is 52.9 Å². The van der Waals surface area contributed by atoms with Crippen LogP contribution in [0, 0.1) is 5.41 Å². The number of aromatic nitrogens is 3. The summed E-state index contributed by atoms with van der Waals surface area (Å²) in [6.07, 6.45) is 14.1. The van der Waals surface area contributed by atoms with E-state index in [0.29, 0.717) is 4.91 Å². The number of nitrogens with zero attached hydrogens (tertiary/aromatic N) is 4. The van der Waals surface area contributed by atoms with Gasteiger partial charge in [-0.05, 0) is 41.5 Å². The Kier molecular flexibility index (Phi) is 4.77. The summed E-state index contributed by atoms with van der Waals surface area (Å²) in [6, 6.07) is 2.40. The number of allylic oxidation sites excluding steroid dienone is 1. The van der Waals surface area contributed by atoms with Crippen LogP contribution < -0.4 is 5.73 Å². The van der Waals surface area contributed by atoms with Crippen molar-refractivity contribution in [3.8, 4) is 0 Å². The number of nitrogens with two attached hydrogens (primary N) is 1. The maximum atomic E-state index is 11.9. The second kappa shape index (κ2) is 7.37. The molecule has 2 aromatic heterocycles. The van der Waals surface area contributed by atoms with E-state index in [1.54, 1.807) is 18.0 Å². The van der Waals surface area contributed by atoms with Gasteiger partial charge < -0.3 is 10.6 Å². The van der Waals surface area contributed by atoms with E-state index >= 15 is 0 Å². The molecule has 0 radical (unpaired) electrons. The number of carbonyl (C=O) groups excluding carboxylic acids is 1. The van der Waals surface area contributed by atoms with E-state index in [1.807, 2.05) is 24.7 Å². The number of primary amides is 1. The summed E-state index contributed by atoms with van der Waals surface area (Å²) < 4.78 is 0. The van der Waals surface area contributed by atoms with Gasteiger partial charge in [0.2, 0.25) is 0 Å². The predicted molar refractivity (Wildman–Crippen MR) is 125 cm³/mol. The average molecular weight is 435 g/mol. The van der Waals surface area contributed by atoms with Crippen molar-refractivity contribution in [2.24, 2.45) is 16.1 Å². The zero-order chi connectivity index (χ0) is 21.8. The summed E-state index contributed by atoms with van der Waals surface area (Å²) in [5, 5.41) is 8.21. The van der Waals surface area contributed by atoms with E-state index in [2.05, 4.69) is 53.0 Å². The quantitative estimate of drug-likeness (QED) is 0.768. The first-order valence-corrected chi connectivity index (χ1v) is 11.4. The highest BCUT2D eigenvalue weighted by Gasteiger charge is 2.40. The van der Waals surface area contributed by atoms with Gasteiger partial charge >= 0.3 is 0 Å². The Morgan fingerprint density at radius 1 is 1.32 bits per heavy atom. The highest BCUT2D eigenvalue weighted by atomic mass is 32.2. The smallest absolute Gasteiger partial charge is 0.256 e. The van der Waals surface area contributed by atoms with Crippen LogP contribution in [-0.2, 0) is 4.79 Å². The van der Waals surface area contributed by atoms with Gasteiger partial charge in [-0.3, -0.25) is 14.9 Å². The molecule has 7 nitrogen and oxygen atoms in total. The molecule has 2 aromatic rings. The van der Waals surface area contributed by atoms with Crippen molar-refractivity contribution >= 4 is 40.5 Å². The molecule has 160 valence electrons. The lowest BCUT2D eigenvalue weighted by Gasteiger charge is -2.41. The van der Waals surface area contributed by atoms with Gasteiger partial charge in [-0.15, -0.1) is 0 Å². The van der Waals surface area contributed by atoms with Gasteiger partial charge in [0.05, 0.1) is 22.5 Å². The number of carbonyl (C=O) groups is 1. The molecule has 3 N–H and O–H groups in total. The van der Waals surface area contributed by atoms with Crippen molar-refractivity contribution in [1.82, 2.24) is 20.1 Å². The predicted octanol–water partition coefficient (Wildman–Crippen LogP) is 3.63. The standard InChI is InChI=1S/C23H26N6OS/c1-23(2,3)22-29(12-19(31-22)20(24)30)15-4-5-18-13(9-15)8-14(10-26-18)16-6-7-25-21-17(16)11-27-28-21/h6-12,15,18,22H,4-5H2,1-3H3,(H2,24,30)(H,25,27,28)/t15?,18?,22-/m1/s1. The Labute approximate surface area is 185 Å². The van der Waals surface area contributed by atoms with Gasteiger partial charge in [0, 0.05) is 35.6 Å². The molecule has 1 aliphatic carbocycles. The van der Waals surface area contributed by atoms with E-state index in [9.17, 15) is 4.79 Å². The number of aliphatic imine (C=N–C) groups is 1. The number of fused-ring (bicyclic) bond motifs is 2. The van der Waals surface area contributed by atoms with Crippen molar-refractivity contribution in [1.29, 1.82) is 0 Å². The number of amides is 1. The summed E-state index contributed by atoms with van der Waals surface area (Å²) >= 11 is 1.58. The lowest BCUT2D eigenvalue weighted by atomic mass is 9.85. The number of aromatic amines is 1. The second-order valence-electron chi connectivity index (χ2n) is 9.34. The fourth-order valence-corrected chi connectivity index (χ4v) is 5.75. The minimum Gasteiger partial charge on any atom is -0.365 e. The number of dihydropyridines is 1. The largest absolute Gasteiger partial charge is 0.365 e.